The van der Waals surface area contributed by atoms with E-state index >= 15 is 0 Å². The van der Waals surface area contributed by atoms with E-state index in [0.29, 0.717) is 17.4 Å². The van der Waals surface area contributed by atoms with Crippen molar-refractivity contribution in [1.82, 2.24) is 0 Å². The Labute approximate surface area is 87.1 Å². The summed E-state index contributed by atoms with van der Waals surface area (Å²) in [4.78, 5) is 20.1. The van der Waals surface area contributed by atoms with E-state index in [2.05, 4.69) is 11.8 Å². The number of rotatable bonds is 2. The molecule has 0 heterocycles. The van der Waals surface area contributed by atoms with E-state index in [1.807, 2.05) is 0 Å². The summed E-state index contributed by atoms with van der Waals surface area (Å²) in [6.07, 6.45) is 0.890. The molecule has 0 bridgehead atoms. The molecule has 0 aliphatic carbocycles. The quantitative estimate of drug-likeness (QED) is 0.319. The van der Waals surface area contributed by atoms with Crippen molar-refractivity contribution in [2.45, 2.75) is 13.3 Å². The normalized spacial score (nSPS) is 8.87. The molecule has 15 heavy (non-hydrogen) atoms. The van der Waals surface area contributed by atoms with Crippen molar-refractivity contribution in [3.05, 3.63) is 39.4 Å². The van der Waals surface area contributed by atoms with E-state index in [9.17, 15) is 14.9 Å². The van der Waals surface area contributed by atoms with E-state index in [4.69, 9.17) is 0 Å². The number of nitro benzene ring substituents is 1. The largest absolute Gasteiger partial charge is 0.302 e. The van der Waals surface area contributed by atoms with Crippen molar-refractivity contribution in [2.75, 3.05) is 0 Å². The van der Waals surface area contributed by atoms with Crippen LogP contribution in [0, 0.1) is 28.9 Å². The Balaban J connectivity index is 2.98. The molecule has 0 amide bonds. The third-order valence-corrected chi connectivity index (χ3v) is 1.81. The van der Waals surface area contributed by atoms with Gasteiger partial charge < -0.3 is 4.79 Å². The Bertz CT molecular complexity index is 455. The van der Waals surface area contributed by atoms with Gasteiger partial charge in [0, 0.05) is 17.2 Å². The SMILES string of the molecule is Cc1cc(C#CCC=O)ccc1[N+](=O)[O-]. The maximum absolute atomic E-state index is 10.5. The monoisotopic (exact) mass is 203 g/mol. The Hall–Kier alpha value is -2.15. The molecular weight excluding hydrogens is 194 g/mol. The van der Waals surface area contributed by atoms with Crippen molar-refractivity contribution in [3.63, 3.8) is 0 Å². The lowest BCUT2D eigenvalue weighted by Crippen LogP contribution is -1.91. The van der Waals surface area contributed by atoms with Crippen molar-refractivity contribution in [1.29, 1.82) is 0 Å². The molecule has 0 saturated heterocycles. The first kappa shape index (κ1) is 10.9. The summed E-state index contributed by atoms with van der Waals surface area (Å²) in [7, 11) is 0. The molecule has 0 unspecified atom stereocenters. The van der Waals surface area contributed by atoms with Crippen molar-refractivity contribution >= 4 is 12.0 Å². The highest BCUT2D eigenvalue weighted by molar-refractivity contribution is 5.55. The molecule has 4 nitrogen and oxygen atoms in total. The number of aryl methyl sites for hydroxylation is 1. The zero-order valence-corrected chi connectivity index (χ0v) is 8.19. The fourth-order valence-electron chi connectivity index (χ4n) is 1.13. The Kier molecular flexibility index (Phi) is 3.58. The zero-order valence-electron chi connectivity index (χ0n) is 8.19. The topological polar surface area (TPSA) is 60.2 Å². The first-order valence-electron chi connectivity index (χ1n) is 4.32. The number of benzene rings is 1. The smallest absolute Gasteiger partial charge is 0.272 e. The number of nitro groups is 1. The van der Waals surface area contributed by atoms with Crippen LogP contribution in [-0.2, 0) is 4.79 Å². The molecule has 76 valence electrons. The van der Waals surface area contributed by atoms with E-state index < -0.39 is 4.92 Å². The molecule has 0 fully saturated rings. The van der Waals surface area contributed by atoms with E-state index in [0.717, 1.165) is 0 Å². The van der Waals surface area contributed by atoms with Crippen molar-refractivity contribution < 1.29 is 9.72 Å². The molecule has 0 radical (unpaired) electrons. The molecule has 4 heteroatoms. The van der Waals surface area contributed by atoms with Gasteiger partial charge in [-0.3, -0.25) is 10.1 Å². The van der Waals surface area contributed by atoms with Crippen molar-refractivity contribution in [3.8, 4) is 11.8 Å². The fraction of sp³-hybridized carbons (Fsp3) is 0.182. The zero-order chi connectivity index (χ0) is 11.3. The standard InChI is InChI=1S/C11H9NO3/c1-9-8-10(4-2-3-7-13)5-6-11(9)12(14)15/h5-8H,3H2,1H3. The number of hydrogen-bond donors (Lipinski definition) is 0. The minimum atomic E-state index is -0.433. The van der Waals surface area contributed by atoms with Crippen LogP contribution in [0.1, 0.15) is 17.5 Å². The van der Waals surface area contributed by atoms with Crippen LogP contribution in [0.25, 0.3) is 0 Å². The number of carbonyl (C=O) groups is 1. The second kappa shape index (κ2) is 4.91. The van der Waals surface area contributed by atoms with E-state index in [1.165, 1.54) is 6.07 Å². The maximum atomic E-state index is 10.5. The van der Waals surface area contributed by atoms with E-state index in [1.54, 1.807) is 19.1 Å². The Morgan fingerprint density at radius 2 is 2.27 bits per heavy atom. The first-order valence-corrected chi connectivity index (χ1v) is 4.32. The highest BCUT2D eigenvalue weighted by Crippen LogP contribution is 2.17. The van der Waals surface area contributed by atoms with Gasteiger partial charge in [-0.1, -0.05) is 11.8 Å². The number of carbonyl (C=O) groups excluding carboxylic acids is 1. The van der Waals surface area contributed by atoms with Crippen LogP contribution < -0.4 is 0 Å². The summed E-state index contributed by atoms with van der Waals surface area (Å²) in [5.74, 6) is 5.39. The van der Waals surface area contributed by atoms with Crippen LogP contribution in [0.3, 0.4) is 0 Å². The highest BCUT2D eigenvalue weighted by atomic mass is 16.6. The molecule has 0 aromatic heterocycles. The highest BCUT2D eigenvalue weighted by Gasteiger charge is 2.08. The van der Waals surface area contributed by atoms with Crippen LogP contribution in [0.4, 0.5) is 5.69 Å². The molecule has 0 saturated carbocycles. The summed E-state index contributed by atoms with van der Waals surface area (Å²) in [6.45, 7) is 1.66. The molecule has 0 spiro atoms. The summed E-state index contributed by atoms with van der Waals surface area (Å²) in [5, 5.41) is 10.5. The fourth-order valence-corrected chi connectivity index (χ4v) is 1.13. The van der Waals surface area contributed by atoms with Gasteiger partial charge in [0.1, 0.15) is 6.29 Å². The molecule has 0 aliphatic rings. The molecule has 1 rings (SSSR count). The van der Waals surface area contributed by atoms with Gasteiger partial charge in [-0.25, -0.2) is 0 Å². The molecular formula is C11H9NO3. The van der Waals surface area contributed by atoms with Gasteiger partial charge in [0.15, 0.2) is 0 Å². The molecule has 1 aromatic rings. The third kappa shape index (κ3) is 2.92. The second-order valence-corrected chi connectivity index (χ2v) is 2.93. The summed E-state index contributed by atoms with van der Waals surface area (Å²) in [5.41, 5.74) is 1.33. The lowest BCUT2D eigenvalue weighted by Gasteiger charge is -1.96. The predicted octanol–water partition coefficient (Wildman–Crippen LogP) is 1.84. The Morgan fingerprint density at radius 1 is 1.53 bits per heavy atom. The van der Waals surface area contributed by atoms with Gasteiger partial charge >= 0.3 is 0 Å². The van der Waals surface area contributed by atoms with Crippen LogP contribution >= 0.6 is 0 Å². The van der Waals surface area contributed by atoms with Crippen LogP contribution in [0.15, 0.2) is 18.2 Å². The number of aldehydes is 1. The first-order chi connectivity index (χ1) is 7.15. The average Bonchev–Trinajstić information content (AvgIpc) is 2.17. The molecule has 0 atom stereocenters. The van der Waals surface area contributed by atoms with Gasteiger partial charge in [-0.15, -0.1) is 0 Å². The average molecular weight is 203 g/mol. The Morgan fingerprint density at radius 3 is 2.80 bits per heavy atom. The summed E-state index contributed by atoms with van der Waals surface area (Å²) < 4.78 is 0. The predicted molar refractivity (Wildman–Crippen MR) is 55.4 cm³/mol. The molecule has 0 N–H and O–H groups in total. The van der Waals surface area contributed by atoms with Crippen LogP contribution in [0.2, 0.25) is 0 Å². The van der Waals surface area contributed by atoms with Gasteiger partial charge in [0.25, 0.3) is 5.69 Å². The van der Waals surface area contributed by atoms with Gasteiger partial charge in [0.2, 0.25) is 0 Å². The van der Waals surface area contributed by atoms with Crippen molar-refractivity contribution in [2.24, 2.45) is 0 Å². The summed E-state index contributed by atoms with van der Waals surface area (Å²) >= 11 is 0. The van der Waals surface area contributed by atoms with Crippen LogP contribution in [0.5, 0.6) is 0 Å². The molecule has 1 aromatic carbocycles. The van der Waals surface area contributed by atoms with Crippen LogP contribution in [-0.4, -0.2) is 11.2 Å². The van der Waals surface area contributed by atoms with Gasteiger partial charge in [0.05, 0.1) is 11.3 Å². The number of nitrogens with zero attached hydrogens (tertiary/aromatic N) is 1. The summed E-state index contributed by atoms with van der Waals surface area (Å²) in [6, 6.07) is 4.62. The maximum Gasteiger partial charge on any atom is 0.272 e. The minimum Gasteiger partial charge on any atom is -0.302 e. The lowest BCUT2D eigenvalue weighted by atomic mass is 10.1. The second-order valence-electron chi connectivity index (χ2n) is 2.93. The third-order valence-electron chi connectivity index (χ3n) is 1.81. The molecule has 0 aliphatic heterocycles. The number of hydrogen-bond acceptors (Lipinski definition) is 3. The van der Waals surface area contributed by atoms with Gasteiger partial charge in [-0.05, 0) is 19.1 Å². The van der Waals surface area contributed by atoms with E-state index in [-0.39, 0.29) is 12.1 Å². The minimum absolute atomic E-state index is 0.0796. The lowest BCUT2D eigenvalue weighted by molar-refractivity contribution is -0.385. The van der Waals surface area contributed by atoms with Gasteiger partial charge in [-0.2, -0.15) is 0 Å².